The number of rotatable bonds is 6. The van der Waals surface area contributed by atoms with E-state index in [4.69, 9.17) is 4.74 Å². The first-order chi connectivity index (χ1) is 8.88. The average Bonchev–Trinajstić information content (AvgIpc) is 2.45. The Labute approximate surface area is 120 Å². The summed E-state index contributed by atoms with van der Waals surface area (Å²) in [7, 11) is 1.68. The summed E-state index contributed by atoms with van der Waals surface area (Å²) in [4.78, 5) is 4.09. The molecule has 1 N–H and O–H groups in total. The third-order valence-electron chi connectivity index (χ3n) is 2.80. The fourth-order valence-electron chi connectivity index (χ4n) is 1.76. The Morgan fingerprint density at radius 2 is 1.89 bits per heavy atom. The lowest BCUT2D eigenvalue weighted by Gasteiger charge is -2.05. The zero-order chi connectivity index (χ0) is 12.6. The molecule has 0 saturated heterocycles. The molecule has 0 unspecified atom stereocenters. The summed E-state index contributed by atoms with van der Waals surface area (Å²) in [5.74, 6) is 0.905. The molecule has 1 aromatic heterocycles. The maximum absolute atomic E-state index is 5.13. The van der Waals surface area contributed by atoms with Gasteiger partial charge in [-0.1, -0.05) is 18.2 Å². The Hall–Kier alpha value is -1.58. The van der Waals surface area contributed by atoms with Crippen molar-refractivity contribution in [3.05, 3.63) is 59.9 Å². The van der Waals surface area contributed by atoms with Crippen LogP contribution in [0, 0.1) is 0 Å². The third-order valence-corrected chi connectivity index (χ3v) is 2.80. The number of aromatic nitrogens is 1. The van der Waals surface area contributed by atoms with Gasteiger partial charge in [0.1, 0.15) is 5.75 Å². The monoisotopic (exact) mass is 278 g/mol. The topological polar surface area (TPSA) is 34.1 Å². The van der Waals surface area contributed by atoms with Crippen molar-refractivity contribution in [3.8, 4) is 5.75 Å². The average molecular weight is 279 g/mol. The van der Waals surface area contributed by atoms with Crippen molar-refractivity contribution in [2.24, 2.45) is 0 Å². The van der Waals surface area contributed by atoms with Crippen LogP contribution in [-0.4, -0.2) is 18.6 Å². The number of hydrogen-bond acceptors (Lipinski definition) is 3. The smallest absolute Gasteiger partial charge is 0.118 e. The summed E-state index contributed by atoms with van der Waals surface area (Å²) in [6, 6.07) is 12.2. The molecule has 4 heteroatoms. The molecule has 0 saturated carbocycles. The van der Waals surface area contributed by atoms with Crippen molar-refractivity contribution >= 4 is 12.4 Å². The van der Waals surface area contributed by atoms with Crippen molar-refractivity contribution < 1.29 is 4.74 Å². The van der Waals surface area contributed by atoms with Gasteiger partial charge in [0.05, 0.1) is 7.11 Å². The largest absolute Gasteiger partial charge is 0.497 e. The molecule has 1 heterocycles. The first kappa shape index (κ1) is 15.5. The molecule has 0 aliphatic rings. The number of pyridine rings is 1. The lowest BCUT2D eigenvalue weighted by Crippen LogP contribution is -2.16. The zero-order valence-corrected chi connectivity index (χ0v) is 11.8. The second-order valence-electron chi connectivity index (χ2n) is 4.14. The van der Waals surface area contributed by atoms with E-state index in [9.17, 15) is 0 Å². The summed E-state index contributed by atoms with van der Waals surface area (Å²) in [5, 5.41) is 3.41. The highest BCUT2D eigenvalue weighted by atomic mass is 35.5. The van der Waals surface area contributed by atoms with Crippen molar-refractivity contribution in [2.75, 3.05) is 13.7 Å². The zero-order valence-electron chi connectivity index (χ0n) is 11.0. The maximum atomic E-state index is 5.13. The Morgan fingerprint density at radius 1 is 1.11 bits per heavy atom. The molecule has 0 aliphatic heterocycles. The van der Waals surface area contributed by atoms with Crippen LogP contribution in [0.25, 0.3) is 0 Å². The number of ether oxygens (including phenoxy) is 1. The number of benzene rings is 1. The molecule has 19 heavy (non-hydrogen) atoms. The van der Waals surface area contributed by atoms with E-state index >= 15 is 0 Å². The van der Waals surface area contributed by atoms with Crippen LogP contribution in [0.2, 0.25) is 0 Å². The summed E-state index contributed by atoms with van der Waals surface area (Å²) >= 11 is 0. The molecule has 0 amide bonds. The third kappa shape index (κ3) is 5.28. The second kappa shape index (κ2) is 8.51. The van der Waals surface area contributed by atoms with E-state index in [0.717, 1.165) is 25.3 Å². The van der Waals surface area contributed by atoms with Crippen LogP contribution < -0.4 is 10.1 Å². The summed E-state index contributed by atoms with van der Waals surface area (Å²) in [5.41, 5.74) is 2.53. The van der Waals surface area contributed by atoms with Crippen molar-refractivity contribution in [2.45, 2.75) is 13.0 Å². The van der Waals surface area contributed by atoms with Gasteiger partial charge in [0.25, 0.3) is 0 Å². The van der Waals surface area contributed by atoms with Gasteiger partial charge < -0.3 is 10.1 Å². The van der Waals surface area contributed by atoms with Crippen LogP contribution in [0.5, 0.6) is 5.75 Å². The van der Waals surface area contributed by atoms with Gasteiger partial charge >= 0.3 is 0 Å². The minimum absolute atomic E-state index is 0. The number of halogens is 1. The molecule has 102 valence electrons. The van der Waals surface area contributed by atoms with Gasteiger partial charge in [-0.15, -0.1) is 12.4 Å². The second-order valence-corrected chi connectivity index (χ2v) is 4.14. The van der Waals surface area contributed by atoms with Gasteiger partial charge in [-0.25, -0.2) is 0 Å². The van der Waals surface area contributed by atoms with Crippen LogP contribution in [0.1, 0.15) is 11.1 Å². The van der Waals surface area contributed by atoms with E-state index in [2.05, 4.69) is 28.5 Å². The van der Waals surface area contributed by atoms with Gasteiger partial charge in [-0.2, -0.15) is 0 Å². The van der Waals surface area contributed by atoms with Gasteiger partial charge in [0.15, 0.2) is 0 Å². The normalized spacial score (nSPS) is 9.74. The fraction of sp³-hybridized carbons (Fsp3) is 0.267. The lowest BCUT2D eigenvalue weighted by molar-refractivity contribution is 0.414. The van der Waals surface area contributed by atoms with E-state index in [0.29, 0.717) is 0 Å². The Balaban J connectivity index is 0.00000180. The standard InChI is InChI=1S/C15H18N2O.ClH/c1-18-15-6-4-13(5-7-15)8-10-17-12-14-3-2-9-16-11-14;/h2-7,9,11,17H,8,10,12H2,1H3;1H. The molecule has 0 atom stereocenters. The van der Waals surface area contributed by atoms with Gasteiger partial charge in [-0.05, 0) is 42.3 Å². The van der Waals surface area contributed by atoms with E-state index < -0.39 is 0 Å². The molecule has 2 aromatic rings. The highest BCUT2D eigenvalue weighted by Gasteiger charge is 1.95. The number of hydrogen-bond donors (Lipinski definition) is 1. The Bertz CT molecular complexity index is 459. The molecule has 2 rings (SSSR count). The molecular formula is C15H19ClN2O. The molecule has 0 bridgehead atoms. The van der Waals surface area contributed by atoms with Gasteiger partial charge in [-0.3, -0.25) is 4.98 Å². The van der Waals surface area contributed by atoms with Crippen LogP contribution in [0.15, 0.2) is 48.8 Å². The lowest BCUT2D eigenvalue weighted by atomic mass is 10.1. The van der Waals surface area contributed by atoms with Gasteiger partial charge in [0.2, 0.25) is 0 Å². The van der Waals surface area contributed by atoms with E-state index in [-0.39, 0.29) is 12.4 Å². The molecule has 1 aromatic carbocycles. The fourth-order valence-corrected chi connectivity index (χ4v) is 1.76. The summed E-state index contributed by atoms with van der Waals surface area (Å²) < 4.78 is 5.13. The SMILES string of the molecule is COc1ccc(CCNCc2cccnc2)cc1.Cl. The van der Waals surface area contributed by atoms with E-state index in [1.54, 1.807) is 13.3 Å². The highest BCUT2D eigenvalue weighted by molar-refractivity contribution is 5.85. The first-order valence-corrected chi connectivity index (χ1v) is 6.11. The number of methoxy groups -OCH3 is 1. The highest BCUT2D eigenvalue weighted by Crippen LogP contribution is 2.11. The Kier molecular flexibility index (Phi) is 6.93. The molecule has 3 nitrogen and oxygen atoms in total. The number of nitrogens with zero attached hydrogens (tertiary/aromatic N) is 1. The van der Waals surface area contributed by atoms with Crippen molar-refractivity contribution in [1.82, 2.24) is 10.3 Å². The van der Waals surface area contributed by atoms with Crippen LogP contribution in [0.4, 0.5) is 0 Å². The van der Waals surface area contributed by atoms with Gasteiger partial charge in [0, 0.05) is 18.9 Å². The number of nitrogens with one attached hydrogen (secondary N) is 1. The van der Waals surface area contributed by atoms with Crippen LogP contribution >= 0.6 is 12.4 Å². The predicted octanol–water partition coefficient (Wildman–Crippen LogP) is 2.84. The molecule has 0 radical (unpaired) electrons. The molecule has 0 fully saturated rings. The minimum Gasteiger partial charge on any atom is -0.497 e. The molecule has 0 aliphatic carbocycles. The van der Waals surface area contributed by atoms with Crippen molar-refractivity contribution in [1.29, 1.82) is 0 Å². The Morgan fingerprint density at radius 3 is 2.53 bits per heavy atom. The van der Waals surface area contributed by atoms with E-state index in [1.807, 2.05) is 24.4 Å². The quantitative estimate of drug-likeness (QED) is 0.825. The summed E-state index contributed by atoms with van der Waals surface area (Å²) in [6.07, 6.45) is 4.70. The minimum atomic E-state index is 0. The predicted molar refractivity (Wildman–Crippen MR) is 79.9 cm³/mol. The van der Waals surface area contributed by atoms with E-state index in [1.165, 1.54) is 11.1 Å². The molecular weight excluding hydrogens is 260 g/mol. The first-order valence-electron chi connectivity index (χ1n) is 6.11. The van der Waals surface area contributed by atoms with Crippen molar-refractivity contribution in [3.63, 3.8) is 0 Å². The van der Waals surface area contributed by atoms with Crippen LogP contribution in [0.3, 0.4) is 0 Å². The van der Waals surface area contributed by atoms with Crippen LogP contribution in [-0.2, 0) is 13.0 Å². The maximum Gasteiger partial charge on any atom is 0.118 e. The molecule has 0 spiro atoms. The summed E-state index contributed by atoms with van der Waals surface area (Å²) in [6.45, 7) is 1.82.